The van der Waals surface area contributed by atoms with Crippen molar-refractivity contribution >= 4 is 29.0 Å². The first-order valence-electron chi connectivity index (χ1n) is 8.09. The van der Waals surface area contributed by atoms with Crippen molar-refractivity contribution in [1.82, 2.24) is 10.6 Å². The second-order valence-corrected chi connectivity index (χ2v) is 9.02. The first kappa shape index (κ1) is 15.2. The van der Waals surface area contributed by atoms with Crippen LogP contribution in [0.25, 0.3) is 0 Å². The Morgan fingerprint density at radius 3 is 2.65 bits per heavy atom. The molecule has 2 aliphatic rings. The zero-order valence-electron chi connectivity index (χ0n) is 13.0. The summed E-state index contributed by atoms with van der Waals surface area (Å²) < 4.78 is 1.28. The molecule has 0 radical (unpaired) electrons. The van der Waals surface area contributed by atoms with E-state index in [1.807, 2.05) is 24.3 Å². The maximum absolute atomic E-state index is 12.4. The molecule has 2 bridgehead atoms. The van der Waals surface area contributed by atoms with E-state index in [9.17, 15) is 4.79 Å². The Morgan fingerprint density at radius 1 is 1.22 bits per heavy atom. The third-order valence-corrected chi connectivity index (χ3v) is 6.81. The van der Waals surface area contributed by atoms with Gasteiger partial charge in [-0.05, 0) is 62.6 Å². The van der Waals surface area contributed by atoms with Crippen LogP contribution >= 0.6 is 23.1 Å². The van der Waals surface area contributed by atoms with Crippen molar-refractivity contribution in [2.24, 2.45) is 0 Å². The van der Waals surface area contributed by atoms with Gasteiger partial charge in [-0.2, -0.15) is 0 Å². The van der Waals surface area contributed by atoms with Crippen LogP contribution in [-0.2, 0) is 0 Å². The minimum absolute atomic E-state index is 0.0490. The summed E-state index contributed by atoms with van der Waals surface area (Å²) in [6.45, 7) is 2.12. The van der Waals surface area contributed by atoms with Crippen molar-refractivity contribution in [1.29, 1.82) is 0 Å². The van der Waals surface area contributed by atoms with E-state index in [1.54, 1.807) is 23.1 Å². The molecule has 2 aromatic rings. The molecule has 3 nitrogen and oxygen atoms in total. The highest BCUT2D eigenvalue weighted by atomic mass is 32.2. The summed E-state index contributed by atoms with van der Waals surface area (Å²) in [5.41, 5.74) is 0.750. The van der Waals surface area contributed by atoms with Crippen LogP contribution in [0.15, 0.2) is 45.5 Å². The fourth-order valence-electron chi connectivity index (χ4n) is 3.49. The van der Waals surface area contributed by atoms with Gasteiger partial charge >= 0.3 is 0 Å². The van der Waals surface area contributed by atoms with Crippen LogP contribution in [0.1, 0.15) is 34.5 Å². The van der Waals surface area contributed by atoms with Crippen molar-refractivity contribution in [3.63, 3.8) is 0 Å². The lowest BCUT2D eigenvalue weighted by Gasteiger charge is -2.21. The molecule has 3 atom stereocenters. The van der Waals surface area contributed by atoms with Crippen LogP contribution in [0.3, 0.4) is 0 Å². The van der Waals surface area contributed by atoms with Gasteiger partial charge in [-0.25, -0.2) is 0 Å². The third-order valence-electron chi connectivity index (χ3n) is 4.67. The highest BCUT2D eigenvalue weighted by Gasteiger charge is 2.39. The molecular formula is C18H20N2OS2. The van der Waals surface area contributed by atoms with Gasteiger partial charge in [-0.3, -0.25) is 4.79 Å². The summed E-state index contributed by atoms with van der Waals surface area (Å²) in [5.74, 6) is 0.0490. The highest BCUT2D eigenvalue weighted by Crippen LogP contribution is 2.33. The Kier molecular flexibility index (Phi) is 4.18. The van der Waals surface area contributed by atoms with E-state index >= 15 is 0 Å². The number of thiophene rings is 1. The zero-order valence-corrected chi connectivity index (χ0v) is 14.7. The summed E-state index contributed by atoms with van der Waals surface area (Å²) in [5, 5.41) is 6.75. The number of carbonyl (C=O) groups is 1. The smallest absolute Gasteiger partial charge is 0.251 e. The van der Waals surface area contributed by atoms with Crippen LogP contribution in [-0.4, -0.2) is 24.0 Å². The number of aryl methyl sites for hydroxylation is 1. The SMILES string of the molecule is Cc1ccc(Sc2ccc(C(=O)N[C@@H]3C[C@H]4CC[C@@H]3N4)cc2)s1. The van der Waals surface area contributed by atoms with Gasteiger partial charge in [-0.15, -0.1) is 11.3 Å². The van der Waals surface area contributed by atoms with E-state index < -0.39 is 0 Å². The number of hydrogen-bond donors (Lipinski definition) is 2. The maximum atomic E-state index is 12.4. The largest absolute Gasteiger partial charge is 0.348 e. The van der Waals surface area contributed by atoms with Gasteiger partial charge in [0.05, 0.1) is 4.21 Å². The van der Waals surface area contributed by atoms with Gasteiger partial charge in [0.15, 0.2) is 0 Å². The summed E-state index contributed by atoms with van der Waals surface area (Å²) >= 11 is 3.55. The summed E-state index contributed by atoms with van der Waals surface area (Å²) in [4.78, 5) is 14.9. The molecular weight excluding hydrogens is 324 g/mol. The summed E-state index contributed by atoms with van der Waals surface area (Å²) in [6, 6.07) is 13.6. The van der Waals surface area contributed by atoms with Crippen LogP contribution in [0.4, 0.5) is 0 Å². The molecule has 23 heavy (non-hydrogen) atoms. The van der Waals surface area contributed by atoms with Crippen LogP contribution in [0.2, 0.25) is 0 Å². The summed E-state index contributed by atoms with van der Waals surface area (Å²) in [6.07, 6.45) is 3.51. The van der Waals surface area contributed by atoms with Crippen LogP contribution in [0, 0.1) is 6.92 Å². The first-order chi connectivity index (χ1) is 11.2. The van der Waals surface area contributed by atoms with Crippen molar-refractivity contribution in [3.8, 4) is 0 Å². The molecule has 3 heterocycles. The van der Waals surface area contributed by atoms with Gasteiger partial charge in [0, 0.05) is 33.5 Å². The summed E-state index contributed by atoms with van der Waals surface area (Å²) in [7, 11) is 0. The average Bonchev–Trinajstić information content (AvgIpc) is 3.25. The fraction of sp³-hybridized carbons (Fsp3) is 0.389. The Hall–Kier alpha value is -1.30. The van der Waals surface area contributed by atoms with Crippen molar-refractivity contribution < 1.29 is 4.79 Å². The second kappa shape index (κ2) is 6.30. The molecule has 0 unspecified atom stereocenters. The molecule has 0 aliphatic carbocycles. The Balaban J connectivity index is 1.38. The monoisotopic (exact) mass is 344 g/mol. The molecule has 2 saturated heterocycles. The highest BCUT2D eigenvalue weighted by molar-refractivity contribution is 8.01. The van der Waals surface area contributed by atoms with E-state index in [4.69, 9.17) is 0 Å². The van der Waals surface area contributed by atoms with E-state index in [2.05, 4.69) is 29.7 Å². The average molecular weight is 345 g/mol. The molecule has 5 heteroatoms. The van der Waals surface area contributed by atoms with Gasteiger partial charge < -0.3 is 10.6 Å². The maximum Gasteiger partial charge on any atom is 0.251 e. The van der Waals surface area contributed by atoms with Crippen LogP contribution in [0.5, 0.6) is 0 Å². The van der Waals surface area contributed by atoms with Gasteiger partial charge in [0.2, 0.25) is 0 Å². The Labute approximate surface area is 144 Å². The Bertz CT molecular complexity index is 710. The molecule has 1 aromatic carbocycles. The molecule has 120 valence electrons. The van der Waals surface area contributed by atoms with Gasteiger partial charge in [0.1, 0.15) is 0 Å². The number of benzene rings is 1. The molecule has 4 rings (SSSR count). The standard InChI is InChI=1S/C18H20N2OS2/c1-11-2-9-17(22-11)23-14-6-3-12(4-7-14)18(21)20-16-10-13-5-8-15(16)19-13/h2-4,6-7,9,13,15-16,19H,5,8,10H2,1H3,(H,20,21)/t13-,15+,16-/m1/s1. The van der Waals surface area contributed by atoms with Gasteiger partial charge in [-0.1, -0.05) is 11.8 Å². The molecule has 2 N–H and O–H groups in total. The van der Waals surface area contributed by atoms with E-state index in [-0.39, 0.29) is 5.91 Å². The minimum Gasteiger partial charge on any atom is -0.348 e. The number of fused-ring (bicyclic) bond motifs is 2. The van der Waals surface area contributed by atoms with Crippen molar-refractivity contribution in [2.45, 2.75) is 53.4 Å². The van der Waals surface area contributed by atoms with Crippen LogP contribution < -0.4 is 10.6 Å². The van der Waals surface area contributed by atoms with E-state index in [0.29, 0.717) is 18.1 Å². The quantitative estimate of drug-likeness (QED) is 0.886. The Morgan fingerprint density at radius 2 is 2.04 bits per heavy atom. The molecule has 2 fully saturated rings. The van der Waals surface area contributed by atoms with Gasteiger partial charge in [0.25, 0.3) is 5.91 Å². The number of rotatable bonds is 4. The van der Waals surface area contributed by atoms with Crippen molar-refractivity contribution in [2.75, 3.05) is 0 Å². The fourth-order valence-corrected chi connectivity index (χ4v) is 5.57. The lowest BCUT2D eigenvalue weighted by Crippen LogP contribution is -2.42. The number of nitrogens with one attached hydrogen (secondary N) is 2. The molecule has 2 aliphatic heterocycles. The van der Waals surface area contributed by atoms with E-state index in [0.717, 1.165) is 12.0 Å². The van der Waals surface area contributed by atoms with Crippen molar-refractivity contribution in [3.05, 3.63) is 46.8 Å². The molecule has 0 saturated carbocycles. The van der Waals surface area contributed by atoms with E-state index in [1.165, 1.54) is 26.8 Å². The molecule has 0 spiro atoms. The predicted molar refractivity (Wildman–Crippen MR) is 95.4 cm³/mol. The lowest BCUT2D eigenvalue weighted by molar-refractivity contribution is 0.0931. The zero-order chi connectivity index (χ0) is 15.8. The molecule has 1 amide bonds. The second-order valence-electron chi connectivity index (χ2n) is 6.35. The first-order valence-corrected chi connectivity index (χ1v) is 9.72. The third kappa shape index (κ3) is 3.32. The normalized spacial score (nSPS) is 25.7. The molecule has 1 aromatic heterocycles. The predicted octanol–water partition coefficient (Wildman–Crippen LogP) is 3.83. The number of hydrogen-bond acceptors (Lipinski definition) is 4. The topological polar surface area (TPSA) is 41.1 Å². The number of carbonyl (C=O) groups excluding carboxylic acids is 1. The number of amides is 1. The lowest BCUT2D eigenvalue weighted by atomic mass is 9.95. The minimum atomic E-state index is 0.0490.